The molecule has 1 heterocycles. The minimum atomic E-state index is 0.624. The van der Waals surface area contributed by atoms with Crippen LogP contribution < -0.4 is 5.73 Å². The van der Waals surface area contributed by atoms with Gasteiger partial charge in [0.2, 0.25) is 0 Å². The number of nitrogens with two attached hydrogens (primary N) is 1. The van der Waals surface area contributed by atoms with Gasteiger partial charge in [-0.2, -0.15) is 0 Å². The Labute approximate surface area is 130 Å². The van der Waals surface area contributed by atoms with Gasteiger partial charge >= 0.3 is 0 Å². The molecule has 0 spiro atoms. The van der Waals surface area contributed by atoms with Crippen LogP contribution in [0.3, 0.4) is 0 Å². The van der Waals surface area contributed by atoms with Crippen LogP contribution in [-0.4, -0.2) is 27.1 Å². The number of thioether (sulfide) groups is 1. The predicted molar refractivity (Wildman–Crippen MR) is 86.7 cm³/mol. The van der Waals surface area contributed by atoms with Crippen molar-refractivity contribution in [3.8, 4) is 0 Å². The summed E-state index contributed by atoms with van der Waals surface area (Å²) in [7, 11) is 0. The molecule has 0 amide bonds. The lowest BCUT2D eigenvalue weighted by molar-refractivity contribution is 0.593. The van der Waals surface area contributed by atoms with E-state index in [9.17, 15) is 0 Å². The normalized spacial score (nSPS) is 17.7. The standard InChI is InChI=1S/C16H22N4S/c1-12-18-19-16(20(12)10-9-17)21-11-14-7-4-6-13-5-2-3-8-15(13)14/h2-3,5,8,14H,4,6-7,9-11,17H2,1H3. The van der Waals surface area contributed by atoms with Crippen molar-refractivity contribution in [2.75, 3.05) is 12.3 Å². The topological polar surface area (TPSA) is 56.7 Å². The van der Waals surface area contributed by atoms with Crippen LogP contribution in [0.25, 0.3) is 0 Å². The van der Waals surface area contributed by atoms with E-state index in [4.69, 9.17) is 5.73 Å². The summed E-state index contributed by atoms with van der Waals surface area (Å²) in [6.45, 7) is 3.41. The molecule has 0 saturated heterocycles. The molecule has 0 fully saturated rings. The summed E-state index contributed by atoms with van der Waals surface area (Å²) in [6.07, 6.45) is 3.78. The van der Waals surface area contributed by atoms with Gasteiger partial charge in [0.05, 0.1) is 0 Å². The van der Waals surface area contributed by atoms with Crippen LogP contribution in [0.15, 0.2) is 29.4 Å². The van der Waals surface area contributed by atoms with Gasteiger partial charge in [-0.25, -0.2) is 0 Å². The van der Waals surface area contributed by atoms with Crippen LogP contribution in [0.1, 0.15) is 35.7 Å². The van der Waals surface area contributed by atoms with Crippen LogP contribution in [0.5, 0.6) is 0 Å². The van der Waals surface area contributed by atoms with E-state index in [1.54, 1.807) is 0 Å². The average molecular weight is 302 g/mol. The first-order valence-electron chi connectivity index (χ1n) is 7.60. The van der Waals surface area contributed by atoms with E-state index in [1.165, 1.54) is 30.4 Å². The molecule has 3 rings (SSSR count). The predicted octanol–water partition coefficient (Wildman–Crippen LogP) is 2.76. The molecule has 1 aromatic heterocycles. The van der Waals surface area contributed by atoms with Gasteiger partial charge in [-0.3, -0.25) is 0 Å². The molecule has 2 aromatic rings. The lowest BCUT2D eigenvalue weighted by Crippen LogP contribution is -2.14. The molecule has 0 aliphatic heterocycles. The number of fused-ring (bicyclic) bond motifs is 1. The first-order valence-corrected chi connectivity index (χ1v) is 8.58. The maximum absolute atomic E-state index is 5.67. The molecule has 0 saturated carbocycles. The van der Waals surface area contributed by atoms with Crippen LogP contribution in [0.2, 0.25) is 0 Å². The van der Waals surface area contributed by atoms with Gasteiger partial charge in [0.1, 0.15) is 5.82 Å². The SMILES string of the molecule is Cc1nnc(SCC2CCCc3ccccc32)n1CCN. The van der Waals surface area contributed by atoms with Crippen molar-refractivity contribution < 1.29 is 0 Å². The van der Waals surface area contributed by atoms with Crippen LogP contribution in [-0.2, 0) is 13.0 Å². The zero-order valence-electron chi connectivity index (χ0n) is 12.5. The fraction of sp³-hybridized carbons (Fsp3) is 0.500. The molecule has 1 aliphatic carbocycles. The Morgan fingerprint density at radius 3 is 3.05 bits per heavy atom. The summed E-state index contributed by atoms with van der Waals surface area (Å²) in [4.78, 5) is 0. The van der Waals surface area contributed by atoms with Gasteiger partial charge < -0.3 is 10.3 Å². The van der Waals surface area contributed by atoms with Gasteiger partial charge in [0, 0.05) is 18.8 Å². The number of hydrogen-bond acceptors (Lipinski definition) is 4. The second-order valence-corrected chi connectivity index (χ2v) is 6.56. The van der Waals surface area contributed by atoms with Crippen molar-refractivity contribution in [1.29, 1.82) is 0 Å². The van der Waals surface area contributed by atoms with Crippen molar-refractivity contribution in [2.45, 2.75) is 43.8 Å². The third kappa shape index (κ3) is 3.14. The Kier molecular flexibility index (Phi) is 4.60. The largest absolute Gasteiger partial charge is 0.329 e. The lowest BCUT2D eigenvalue weighted by atomic mass is 9.84. The molecule has 21 heavy (non-hydrogen) atoms. The summed E-state index contributed by atoms with van der Waals surface area (Å²) < 4.78 is 2.12. The van der Waals surface area contributed by atoms with Gasteiger partial charge in [-0.05, 0) is 43.2 Å². The third-order valence-corrected chi connectivity index (χ3v) is 5.29. The molecular weight excluding hydrogens is 280 g/mol. The summed E-state index contributed by atoms with van der Waals surface area (Å²) >= 11 is 1.81. The van der Waals surface area contributed by atoms with Crippen molar-refractivity contribution in [3.63, 3.8) is 0 Å². The minimum Gasteiger partial charge on any atom is -0.329 e. The Balaban J connectivity index is 1.72. The van der Waals surface area contributed by atoms with Crippen LogP contribution in [0, 0.1) is 6.92 Å². The summed E-state index contributed by atoms with van der Waals surface area (Å²) in [5, 5.41) is 9.48. The van der Waals surface area contributed by atoms with E-state index >= 15 is 0 Å². The Hall–Kier alpha value is -1.33. The molecule has 0 bridgehead atoms. The second kappa shape index (κ2) is 6.62. The fourth-order valence-corrected chi connectivity index (χ4v) is 4.23. The molecule has 0 radical (unpaired) electrons. The molecule has 1 unspecified atom stereocenters. The molecule has 4 nitrogen and oxygen atoms in total. The van der Waals surface area contributed by atoms with Crippen molar-refractivity contribution >= 4 is 11.8 Å². The van der Waals surface area contributed by atoms with E-state index in [2.05, 4.69) is 39.0 Å². The zero-order chi connectivity index (χ0) is 14.7. The molecule has 1 aliphatic rings. The highest BCUT2D eigenvalue weighted by atomic mass is 32.2. The summed E-state index contributed by atoms with van der Waals surface area (Å²) in [5.41, 5.74) is 8.72. The fourth-order valence-electron chi connectivity index (χ4n) is 3.06. The highest BCUT2D eigenvalue weighted by Crippen LogP contribution is 2.35. The zero-order valence-corrected chi connectivity index (χ0v) is 13.3. The number of aryl methyl sites for hydroxylation is 2. The number of rotatable bonds is 5. The summed E-state index contributed by atoms with van der Waals surface area (Å²) in [6, 6.07) is 8.86. The van der Waals surface area contributed by atoms with Crippen LogP contribution >= 0.6 is 11.8 Å². The molecule has 112 valence electrons. The third-order valence-electron chi connectivity index (χ3n) is 4.16. The van der Waals surface area contributed by atoms with Gasteiger partial charge in [-0.15, -0.1) is 10.2 Å². The van der Waals surface area contributed by atoms with Crippen LogP contribution in [0.4, 0.5) is 0 Å². The van der Waals surface area contributed by atoms with Crippen molar-refractivity contribution in [3.05, 3.63) is 41.2 Å². The Morgan fingerprint density at radius 2 is 2.19 bits per heavy atom. The monoisotopic (exact) mass is 302 g/mol. The van der Waals surface area contributed by atoms with E-state index < -0.39 is 0 Å². The molecule has 1 aromatic carbocycles. The maximum Gasteiger partial charge on any atom is 0.191 e. The maximum atomic E-state index is 5.67. The molecule has 1 atom stereocenters. The van der Waals surface area contributed by atoms with Crippen molar-refractivity contribution in [2.24, 2.45) is 5.73 Å². The number of hydrogen-bond donors (Lipinski definition) is 1. The molecular formula is C16H22N4S. The van der Waals surface area contributed by atoms with E-state index in [0.29, 0.717) is 12.5 Å². The number of aromatic nitrogens is 3. The van der Waals surface area contributed by atoms with Gasteiger partial charge in [0.15, 0.2) is 5.16 Å². The minimum absolute atomic E-state index is 0.624. The van der Waals surface area contributed by atoms with E-state index in [1.807, 2.05) is 18.7 Å². The van der Waals surface area contributed by atoms with E-state index in [0.717, 1.165) is 23.3 Å². The smallest absolute Gasteiger partial charge is 0.191 e. The highest BCUT2D eigenvalue weighted by molar-refractivity contribution is 7.99. The van der Waals surface area contributed by atoms with Gasteiger partial charge in [0.25, 0.3) is 0 Å². The lowest BCUT2D eigenvalue weighted by Gasteiger charge is -2.25. The Bertz CT molecular complexity index is 608. The molecule has 5 heteroatoms. The first kappa shape index (κ1) is 14.6. The second-order valence-electron chi connectivity index (χ2n) is 5.57. The number of benzene rings is 1. The van der Waals surface area contributed by atoms with E-state index in [-0.39, 0.29) is 0 Å². The Morgan fingerprint density at radius 1 is 1.33 bits per heavy atom. The first-order chi connectivity index (χ1) is 10.3. The number of nitrogens with zero attached hydrogens (tertiary/aromatic N) is 3. The van der Waals surface area contributed by atoms with Crippen molar-refractivity contribution in [1.82, 2.24) is 14.8 Å². The highest BCUT2D eigenvalue weighted by Gasteiger charge is 2.21. The quantitative estimate of drug-likeness (QED) is 0.863. The molecule has 2 N–H and O–H groups in total. The summed E-state index contributed by atoms with van der Waals surface area (Å²) in [5.74, 6) is 2.65. The average Bonchev–Trinajstić information content (AvgIpc) is 2.86. The van der Waals surface area contributed by atoms with Gasteiger partial charge in [-0.1, -0.05) is 36.0 Å².